The first kappa shape index (κ1) is 16.6. The second kappa shape index (κ2) is 7.47. The van der Waals surface area contributed by atoms with Crippen molar-refractivity contribution in [2.24, 2.45) is 5.92 Å². The van der Waals surface area contributed by atoms with Crippen LogP contribution in [0.15, 0.2) is 0 Å². The maximum absolute atomic E-state index is 12.3. The average Bonchev–Trinajstić information content (AvgIpc) is 2.54. The summed E-state index contributed by atoms with van der Waals surface area (Å²) < 4.78 is 4.94. The number of ether oxygens (including phenoxy) is 1. The molecular formula is C15H25N3O4. The number of nitrogens with zero attached hydrogens (tertiary/aromatic N) is 3. The van der Waals surface area contributed by atoms with Crippen molar-refractivity contribution in [2.45, 2.75) is 26.7 Å². The minimum absolute atomic E-state index is 0.337. The summed E-state index contributed by atoms with van der Waals surface area (Å²) in [4.78, 5) is 41.0. The zero-order valence-corrected chi connectivity index (χ0v) is 13.4. The zero-order valence-electron chi connectivity index (χ0n) is 13.4. The van der Waals surface area contributed by atoms with Crippen molar-refractivity contribution in [1.82, 2.24) is 14.7 Å². The summed E-state index contributed by atoms with van der Waals surface area (Å²) in [6.07, 6.45) is 1.71. The Morgan fingerprint density at radius 1 is 0.955 bits per heavy atom. The molecule has 0 aromatic rings. The third-order valence-corrected chi connectivity index (χ3v) is 4.22. The van der Waals surface area contributed by atoms with Gasteiger partial charge in [-0.05, 0) is 25.7 Å². The van der Waals surface area contributed by atoms with Gasteiger partial charge in [-0.1, -0.05) is 6.92 Å². The Morgan fingerprint density at radius 3 is 2.14 bits per heavy atom. The highest BCUT2D eigenvalue weighted by atomic mass is 16.6. The molecule has 0 aromatic heterocycles. The largest absolute Gasteiger partial charge is 0.450 e. The van der Waals surface area contributed by atoms with Crippen LogP contribution in [0, 0.1) is 5.92 Å². The van der Waals surface area contributed by atoms with Crippen LogP contribution >= 0.6 is 0 Å². The monoisotopic (exact) mass is 311 g/mol. The molecule has 124 valence electrons. The van der Waals surface area contributed by atoms with Gasteiger partial charge in [-0.15, -0.1) is 0 Å². The number of hydrogen-bond donors (Lipinski definition) is 0. The van der Waals surface area contributed by atoms with Crippen molar-refractivity contribution < 1.29 is 19.1 Å². The molecule has 2 heterocycles. The molecule has 3 amide bonds. The van der Waals surface area contributed by atoms with E-state index in [-0.39, 0.29) is 6.09 Å². The van der Waals surface area contributed by atoms with E-state index in [2.05, 4.69) is 6.92 Å². The van der Waals surface area contributed by atoms with Crippen LogP contribution in [0.1, 0.15) is 26.7 Å². The molecule has 7 heteroatoms. The summed E-state index contributed by atoms with van der Waals surface area (Å²) in [5, 5.41) is 0. The van der Waals surface area contributed by atoms with E-state index in [1.54, 1.807) is 16.7 Å². The van der Waals surface area contributed by atoms with Crippen LogP contribution in [0.5, 0.6) is 0 Å². The second-order valence-corrected chi connectivity index (χ2v) is 5.98. The standard InChI is InChI=1S/C15H25N3O4/c1-3-22-15(21)17-9-7-16(8-10-17)13(19)14(20)18-6-4-5-12(2)11-18/h12H,3-11H2,1-2H3. The van der Waals surface area contributed by atoms with Crippen molar-refractivity contribution in [3.8, 4) is 0 Å². The molecule has 1 unspecified atom stereocenters. The van der Waals surface area contributed by atoms with E-state index in [4.69, 9.17) is 4.74 Å². The van der Waals surface area contributed by atoms with E-state index in [1.165, 1.54) is 4.90 Å². The lowest BCUT2D eigenvalue weighted by atomic mass is 10.0. The SMILES string of the molecule is CCOC(=O)N1CCN(C(=O)C(=O)N2CCCC(C)C2)CC1. The maximum atomic E-state index is 12.3. The number of piperazine rings is 1. The number of carbonyl (C=O) groups excluding carboxylic acids is 3. The Hall–Kier alpha value is -1.79. The van der Waals surface area contributed by atoms with E-state index in [9.17, 15) is 14.4 Å². The molecule has 1 atom stereocenters. The average molecular weight is 311 g/mol. The fraction of sp³-hybridized carbons (Fsp3) is 0.800. The second-order valence-electron chi connectivity index (χ2n) is 5.98. The number of carbonyl (C=O) groups is 3. The molecule has 0 saturated carbocycles. The molecule has 0 aromatic carbocycles. The molecule has 0 bridgehead atoms. The molecule has 0 N–H and O–H groups in total. The quantitative estimate of drug-likeness (QED) is 0.663. The van der Waals surface area contributed by atoms with Crippen molar-refractivity contribution in [2.75, 3.05) is 45.9 Å². The Balaban J connectivity index is 1.84. The molecule has 0 spiro atoms. The van der Waals surface area contributed by atoms with E-state index in [1.807, 2.05) is 0 Å². The minimum atomic E-state index is -0.447. The van der Waals surface area contributed by atoms with E-state index >= 15 is 0 Å². The van der Waals surface area contributed by atoms with Gasteiger partial charge in [0.15, 0.2) is 0 Å². The third kappa shape index (κ3) is 3.90. The molecule has 2 rings (SSSR count). The van der Waals surface area contributed by atoms with Crippen LogP contribution in [0.25, 0.3) is 0 Å². The smallest absolute Gasteiger partial charge is 0.409 e. The summed E-state index contributed by atoms with van der Waals surface area (Å²) in [6.45, 7) is 7.11. The third-order valence-electron chi connectivity index (χ3n) is 4.22. The molecule has 2 aliphatic heterocycles. The van der Waals surface area contributed by atoms with Gasteiger partial charge in [0, 0.05) is 39.3 Å². The van der Waals surface area contributed by atoms with Gasteiger partial charge < -0.3 is 19.4 Å². The van der Waals surface area contributed by atoms with Crippen LogP contribution < -0.4 is 0 Å². The lowest BCUT2D eigenvalue weighted by molar-refractivity contribution is -0.153. The number of amides is 3. The van der Waals surface area contributed by atoms with Gasteiger partial charge in [0.1, 0.15) is 0 Å². The Bertz CT molecular complexity index is 433. The normalized spacial score (nSPS) is 22.5. The summed E-state index contributed by atoms with van der Waals surface area (Å²) in [5.74, 6) is -0.403. The number of hydrogen-bond acceptors (Lipinski definition) is 4. The first-order chi connectivity index (χ1) is 10.5. The van der Waals surface area contributed by atoms with Crippen molar-refractivity contribution in [1.29, 1.82) is 0 Å². The molecule has 0 aliphatic carbocycles. The zero-order chi connectivity index (χ0) is 16.1. The number of likely N-dealkylation sites (tertiary alicyclic amines) is 1. The lowest BCUT2D eigenvalue weighted by Gasteiger charge is -2.36. The molecule has 0 radical (unpaired) electrons. The molecule has 2 saturated heterocycles. The molecule has 7 nitrogen and oxygen atoms in total. The van der Waals surface area contributed by atoms with Crippen LogP contribution in [-0.2, 0) is 14.3 Å². The van der Waals surface area contributed by atoms with Gasteiger partial charge in [-0.25, -0.2) is 4.79 Å². The topological polar surface area (TPSA) is 70.2 Å². The molecule has 2 aliphatic rings. The molecule has 22 heavy (non-hydrogen) atoms. The highest BCUT2D eigenvalue weighted by molar-refractivity contribution is 6.34. The summed E-state index contributed by atoms with van der Waals surface area (Å²) in [5.41, 5.74) is 0. The first-order valence-corrected chi connectivity index (χ1v) is 8.02. The molecular weight excluding hydrogens is 286 g/mol. The van der Waals surface area contributed by atoms with Gasteiger partial charge in [0.2, 0.25) is 0 Å². The molecule has 2 fully saturated rings. The van der Waals surface area contributed by atoms with E-state index in [0.717, 1.165) is 12.8 Å². The predicted molar refractivity (Wildman–Crippen MR) is 80.2 cm³/mol. The van der Waals surface area contributed by atoms with Crippen molar-refractivity contribution in [3.05, 3.63) is 0 Å². The number of piperidine rings is 1. The Kier molecular flexibility index (Phi) is 5.63. The lowest BCUT2D eigenvalue weighted by Crippen LogP contribution is -2.55. The Labute approximate surface area is 131 Å². The van der Waals surface area contributed by atoms with Crippen LogP contribution in [0.3, 0.4) is 0 Å². The maximum Gasteiger partial charge on any atom is 0.409 e. The van der Waals surface area contributed by atoms with Gasteiger partial charge >= 0.3 is 17.9 Å². The highest BCUT2D eigenvalue weighted by Gasteiger charge is 2.32. The van der Waals surface area contributed by atoms with Crippen molar-refractivity contribution >= 4 is 17.9 Å². The predicted octanol–water partition coefficient (Wildman–Crippen LogP) is 0.546. The van der Waals surface area contributed by atoms with Gasteiger partial charge in [-0.2, -0.15) is 0 Å². The van der Waals surface area contributed by atoms with Gasteiger partial charge in [0.25, 0.3) is 0 Å². The van der Waals surface area contributed by atoms with Crippen molar-refractivity contribution in [3.63, 3.8) is 0 Å². The highest BCUT2D eigenvalue weighted by Crippen LogP contribution is 2.16. The van der Waals surface area contributed by atoms with Crippen LogP contribution in [0.4, 0.5) is 4.79 Å². The van der Waals surface area contributed by atoms with Gasteiger partial charge in [0.05, 0.1) is 6.61 Å². The Morgan fingerprint density at radius 2 is 1.55 bits per heavy atom. The fourth-order valence-electron chi connectivity index (χ4n) is 2.95. The van der Waals surface area contributed by atoms with E-state index in [0.29, 0.717) is 51.8 Å². The summed E-state index contributed by atoms with van der Waals surface area (Å²) >= 11 is 0. The van der Waals surface area contributed by atoms with Gasteiger partial charge in [-0.3, -0.25) is 9.59 Å². The van der Waals surface area contributed by atoms with Crippen LogP contribution in [-0.4, -0.2) is 78.5 Å². The fourth-order valence-corrected chi connectivity index (χ4v) is 2.95. The summed E-state index contributed by atoms with van der Waals surface area (Å²) in [6, 6.07) is 0. The summed E-state index contributed by atoms with van der Waals surface area (Å²) in [7, 11) is 0. The minimum Gasteiger partial charge on any atom is -0.450 e. The van der Waals surface area contributed by atoms with E-state index < -0.39 is 11.8 Å². The first-order valence-electron chi connectivity index (χ1n) is 8.02. The van der Waals surface area contributed by atoms with Crippen LogP contribution in [0.2, 0.25) is 0 Å². The number of rotatable bonds is 1.